The average Bonchev–Trinajstić information content (AvgIpc) is 2.24. The minimum atomic E-state index is -5.02. The number of halogens is 6. The lowest BCUT2D eigenvalue weighted by atomic mass is 10.0. The molecule has 0 radical (unpaired) electrons. The topological polar surface area (TPSA) is 81.5 Å². The van der Waals surface area contributed by atoms with Crippen molar-refractivity contribution >= 4 is 11.9 Å². The van der Waals surface area contributed by atoms with Crippen molar-refractivity contribution in [2.24, 2.45) is 16.5 Å². The standard InChI is InChI=1S/C10H7F6N3O/c11-9(12,13)4-1-2-6(10(14,15)16)5(3-4)7(20)19-8(17)18/h1-3H,(H4,17,18,19,20). The lowest BCUT2D eigenvalue weighted by Crippen LogP contribution is -2.25. The molecule has 110 valence electrons. The zero-order chi connectivity index (χ0) is 15.7. The molecule has 0 saturated heterocycles. The quantitative estimate of drug-likeness (QED) is 0.473. The van der Waals surface area contributed by atoms with Gasteiger partial charge in [0.05, 0.1) is 16.7 Å². The van der Waals surface area contributed by atoms with E-state index in [1.807, 2.05) is 0 Å². The highest BCUT2D eigenvalue weighted by molar-refractivity contribution is 6.03. The molecule has 0 aliphatic carbocycles. The Labute approximate surface area is 108 Å². The Hall–Kier alpha value is -2.26. The summed E-state index contributed by atoms with van der Waals surface area (Å²) in [5, 5.41) is 0. The van der Waals surface area contributed by atoms with Crippen molar-refractivity contribution < 1.29 is 31.1 Å². The minimum Gasteiger partial charge on any atom is -0.370 e. The number of aliphatic imine (C=N–C) groups is 1. The molecule has 0 aliphatic heterocycles. The predicted octanol–water partition coefficient (Wildman–Crippen LogP) is 2.14. The van der Waals surface area contributed by atoms with Crippen LogP contribution in [0.25, 0.3) is 0 Å². The molecular formula is C10H7F6N3O. The molecule has 4 nitrogen and oxygen atoms in total. The van der Waals surface area contributed by atoms with Gasteiger partial charge in [-0.15, -0.1) is 0 Å². The maximum absolute atomic E-state index is 12.6. The van der Waals surface area contributed by atoms with Crippen molar-refractivity contribution in [2.75, 3.05) is 0 Å². The van der Waals surface area contributed by atoms with Crippen LogP contribution in [0.4, 0.5) is 26.3 Å². The molecule has 0 bridgehead atoms. The molecule has 0 atom stereocenters. The lowest BCUT2D eigenvalue weighted by molar-refractivity contribution is -0.141. The third-order valence-electron chi connectivity index (χ3n) is 2.11. The van der Waals surface area contributed by atoms with Crippen LogP contribution in [0.3, 0.4) is 0 Å². The number of rotatable bonds is 1. The summed E-state index contributed by atoms with van der Waals surface area (Å²) in [6.07, 6.45) is -9.93. The second-order valence-corrected chi connectivity index (χ2v) is 3.60. The Bertz CT molecular complexity index is 557. The highest BCUT2D eigenvalue weighted by Crippen LogP contribution is 2.36. The SMILES string of the molecule is NC(N)=NC(=O)c1cc(C(F)(F)F)ccc1C(F)(F)F. The van der Waals surface area contributed by atoms with E-state index in [1.165, 1.54) is 0 Å². The summed E-state index contributed by atoms with van der Waals surface area (Å²) in [4.78, 5) is 14.2. The molecule has 1 amide bonds. The molecule has 0 heterocycles. The smallest absolute Gasteiger partial charge is 0.370 e. The summed E-state index contributed by atoms with van der Waals surface area (Å²) in [6, 6.07) is 0.422. The van der Waals surface area contributed by atoms with E-state index in [9.17, 15) is 31.1 Å². The van der Waals surface area contributed by atoms with Gasteiger partial charge < -0.3 is 11.5 Å². The number of carbonyl (C=O) groups excluding carboxylic acids is 1. The van der Waals surface area contributed by atoms with Gasteiger partial charge in [-0.05, 0) is 18.2 Å². The minimum absolute atomic E-state index is 0.0532. The lowest BCUT2D eigenvalue weighted by Gasteiger charge is -2.13. The zero-order valence-corrected chi connectivity index (χ0v) is 9.51. The summed E-state index contributed by atoms with van der Waals surface area (Å²) >= 11 is 0. The Balaban J connectivity index is 3.50. The number of hydrogen-bond donors (Lipinski definition) is 2. The number of nitrogens with zero attached hydrogens (tertiary/aromatic N) is 1. The first-order valence-electron chi connectivity index (χ1n) is 4.85. The second kappa shape index (κ2) is 5.02. The van der Waals surface area contributed by atoms with Crippen molar-refractivity contribution in [2.45, 2.75) is 12.4 Å². The van der Waals surface area contributed by atoms with Crippen molar-refractivity contribution in [3.63, 3.8) is 0 Å². The molecule has 20 heavy (non-hydrogen) atoms. The molecule has 1 rings (SSSR count). The fraction of sp³-hybridized carbons (Fsp3) is 0.200. The summed E-state index contributed by atoms with van der Waals surface area (Å²) in [5.74, 6) is -2.47. The van der Waals surface area contributed by atoms with Crippen LogP contribution in [0, 0.1) is 0 Å². The first kappa shape index (κ1) is 15.8. The fourth-order valence-electron chi connectivity index (χ4n) is 1.32. The van der Waals surface area contributed by atoms with E-state index in [1.54, 1.807) is 0 Å². The van der Waals surface area contributed by atoms with Gasteiger partial charge in [0.15, 0.2) is 5.96 Å². The normalized spacial score (nSPS) is 12.1. The zero-order valence-electron chi connectivity index (χ0n) is 9.51. The van der Waals surface area contributed by atoms with E-state index in [-0.39, 0.29) is 18.2 Å². The Morgan fingerprint density at radius 3 is 1.95 bits per heavy atom. The number of benzene rings is 1. The third-order valence-corrected chi connectivity index (χ3v) is 2.11. The molecule has 0 spiro atoms. The van der Waals surface area contributed by atoms with Crippen molar-refractivity contribution in [1.29, 1.82) is 0 Å². The predicted molar refractivity (Wildman–Crippen MR) is 56.6 cm³/mol. The highest BCUT2D eigenvalue weighted by Gasteiger charge is 2.38. The Morgan fingerprint density at radius 1 is 1.00 bits per heavy atom. The van der Waals surface area contributed by atoms with E-state index in [0.717, 1.165) is 0 Å². The van der Waals surface area contributed by atoms with Crippen LogP contribution in [0.5, 0.6) is 0 Å². The van der Waals surface area contributed by atoms with Crippen molar-refractivity contribution in [3.05, 3.63) is 34.9 Å². The van der Waals surface area contributed by atoms with E-state index in [0.29, 0.717) is 0 Å². The van der Waals surface area contributed by atoms with E-state index in [4.69, 9.17) is 11.5 Å². The molecule has 0 fully saturated rings. The second-order valence-electron chi connectivity index (χ2n) is 3.60. The molecular weight excluding hydrogens is 292 g/mol. The average molecular weight is 299 g/mol. The van der Waals surface area contributed by atoms with Crippen LogP contribution in [-0.4, -0.2) is 11.9 Å². The number of amides is 1. The van der Waals surface area contributed by atoms with Gasteiger partial charge in [-0.2, -0.15) is 31.3 Å². The van der Waals surface area contributed by atoms with Gasteiger partial charge in [0.25, 0.3) is 5.91 Å². The summed E-state index contributed by atoms with van der Waals surface area (Å²) in [5.41, 5.74) is 5.39. The molecule has 1 aromatic carbocycles. The molecule has 1 aromatic rings. The maximum Gasteiger partial charge on any atom is 0.417 e. The van der Waals surface area contributed by atoms with Crippen LogP contribution in [0.2, 0.25) is 0 Å². The summed E-state index contributed by atoms with van der Waals surface area (Å²) in [7, 11) is 0. The van der Waals surface area contributed by atoms with Crippen LogP contribution in [0.15, 0.2) is 23.2 Å². The number of alkyl halides is 6. The van der Waals surface area contributed by atoms with Gasteiger partial charge in [-0.1, -0.05) is 0 Å². The van der Waals surface area contributed by atoms with Gasteiger partial charge in [0.2, 0.25) is 0 Å². The molecule has 4 N–H and O–H groups in total. The third kappa shape index (κ3) is 3.62. The number of nitrogens with two attached hydrogens (primary N) is 2. The molecule has 0 unspecified atom stereocenters. The van der Waals surface area contributed by atoms with E-state index < -0.39 is 40.9 Å². The first-order valence-corrected chi connectivity index (χ1v) is 4.85. The van der Waals surface area contributed by atoms with Gasteiger partial charge >= 0.3 is 12.4 Å². The van der Waals surface area contributed by atoms with E-state index >= 15 is 0 Å². The van der Waals surface area contributed by atoms with Crippen LogP contribution >= 0.6 is 0 Å². The van der Waals surface area contributed by atoms with Gasteiger partial charge in [0.1, 0.15) is 0 Å². The van der Waals surface area contributed by atoms with Gasteiger partial charge in [0, 0.05) is 0 Å². The maximum atomic E-state index is 12.6. The Kier molecular flexibility index (Phi) is 3.97. The molecule has 0 aliphatic rings. The van der Waals surface area contributed by atoms with Crippen LogP contribution < -0.4 is 11.5 Å². The van der Waals surface area contributed by atoms with Crippen molar-refractivity contribution in [1.82, 2.24) is 0 Å². The summed E-state index contributed by atoms with van der Waals surface area (Å²) in [6.45, 7) is 0. The van der Waals surface area contributed by atoms with Gasteiger partial charge in [-0.25, -0.2) is 0 Å². The molecule has 0 aromatic heterocycles. The summed E-state index contributed by atoms with van der Waals surface area (Å²) < 4.78 is 75.2. The highest BCUT2D eigenvalue weighted by atomic mass is 19.4. The Morgan fingerprint density at radius 2 is 1.55 bits per heavy atom. The van der Waals surface area contributed by atoms with Crippen LogP contribution in [-0.2, 0) is 12.4 Å². The van der Waals surface area contributed by atoms with Crippen LogP contribution in [0.1, 0.15) is 21.5 Å². The number of hydrogen-bond acceptors (Lipinski definition) is 1. The largest absolute Gasteiger partial charge is 0.417 e. The number of carbonyl (C=O) groups is 1. The van der Waals surface area contributed by atoms with E-state index in [2.05, 4.69) is 4.99 Å². The van der Waals surface area contributed by atoms with Gasteiger partial charge in [-0.3, -0.25) is 4.79 Å². The monoisotopic (exact) mass is 299 g/mol. The molecule has 10 heteroatoms. The first-order chi connectivity index (χ1) is 8.93. The number of guanidine groups is 1. The fourth-order valence-corrected chi connectivity index (χ4v) is 1.32. The van der Waals surface area contributed by atoms with Crippen molar-refractivity contribution in [3.8, 4) is 0 Å². The molecule has 0 saturated carbocycles.